The van der Waals surface area contributed by atoms with E-state index in [9.17, 15) is 4.79 Å². The van der Waals surface area contributed by atoms with Gasteiger partial charge in [0, 0.05) is 18.3 Å². The van der Waals surface area contributed by atoms with Gasteiger partial charge < -0.3 is 9.47 Å². The molecule has 0 saturated heterocycles. The molecule has 0 radical (unpaired) electrons. The van der Waals surface area contributed by atoms with Crippen molar-refractivity contribution in [3.63, 3.8) is 0 Å². The van der Waals surface area contributed by atoms with E-state index in [1.807, 2.05) is 31.2 Å². The molecule has 0 spiro atoms. The van der Waals surface area contributed by atoms with Gasteiger partial charge in [-0.25, -0.2) is 14.3 Å². The van der Waals surface area contributed by atoms with E-state index in [1.165, 1.54) is 15.7 Å². The molecule has 1 atom stereocenters. The van der Waals surface area contributed by atoms with Crippen LogP contribution in [0.25, 0.3) is 0 Å². The first kappa shape index (κ1) is 19.7. The molecular weight excluding hydrogens is 352 g/mol. The molecule has 28 heavy (non-hydrogen) atoms. The highest BCUT2D eigenvalue weighted by atomic mass is 16.5. The highest BCUT2D eigenvalue weighted by Crippen LogP contribution is 2.27. The minimum absolute atomic E-state index is 0.0260. The summed E-state index contributed by atoms with van der Waals surface area (Å²) < 4.78 is 12.3. The number of nitrogens with zero attached hydrogens (tertiary/aromatic N) is 2. The summed E-state index contributed by atoms with van der Waals surface area (Å²) in [6.07, 6.45) is 2.84. The van der Waals surface area contributed by atoms with Gasteiger partial charge in [-0.1, -0.05) is 37.3 Å². The first-order valence-corrected chi connectivity index (χ1v) is 9.32. The zero-order valence-electron chi connectivity index (χ0n) is 17.0. The molecule has 0 aliphatic rings. The molecule has 3 aromatic rings. The summed E-state index contributed by atoms with van der Waals surface area (Å²) in [5.41, 5.74) is 5.50. The Morgan fingerprint density at radius 3 is 2.68 bits per heavy atom. The van der Waals surface area contributed by atoms with Crippen LogP contribution in [-0.2, 0) is 11.3 Å². The van der Waals surface area contributed by atoms with E-state index < -0.39 is 6.09 Å². The number of aryl methyl sites for hydroxylation is 2. The lowest BCUT2D eigenvalue weighted by Gasteiger charge is -2.17. The molecule has 0 bridgehead atoms. The lowest BCUT2D eigenvalue weighted by Crippen LogP contribution is -2.18. The molecule has 5 nitrogen and oxygen atoms in total. The molecule has 0 aliphatic heterocycles. The van der Waals surface area contributed by atoms with E-state index in [1.54, 1.807) is 19.5 Å². The van der Waals surface area contributed by atoms with Crippen molar-refractivity contribution in [2.45, 2.75) is 40.2 Å². The molecule has 1 heterocycles. The average molecular weight is 378 g/mol. The van der Waals surface area contributed by atoms with Crippen LogP contribution in [-0.4, -0.2) is 22.8 Å². The van der Waals surface area contributed by atoms with Gasteiger partial charge in [0.25, 0.3) is 0 Å². The Kier molecular flexibility index (Phi) is 5.83. The maximum absolute atomic E-state index is 12.7. The fourth-order valence-electron chi connectivity index (χ4n) is 3.34. The van der Waals surface area contributed by atoms with Crippen LogP contribution in [0.4, 0.5) is 4.79 Å². The van der Waals surface area contributed by atoms with Crippen LogP contribution in [0.3, 0.4) is 0 Å². The summed E-state index contributed by atoms with van der Waals surface area (Å²) in [5, 5.41) is 0. The largest absolute Gasteiger partial charge is 0.496 e. The second kappa shape index (κ2) is 8.30. The first-order chi connectivity index (χ1) is 13.4. The smallest absolute Gasteiger partial charge is 0.419 e. The number of carbonyl (C=O) groups excluding carboxylic acids is 1. The summed E-state index contributed by atoms with van der Waals surface area (Å²) in [6.45, 7) is 8.38. The van der Waals surface area contributed by atoms with Crippen LogP contribution in [0.2, 0.25) is 0 Å². The van der Waals surface area contributed by atoms with Gasteiger partial charge in [-0.3, -0.25) is 0 Å². The van der Waals surface area contributed by atoms with Crippen molar-refractivity contribution in [2.75, 3.05) is 7.11 Å². The van der Waals surface area contributed by atoms with Gasteiger partial charge in [0.2, 0.25) is 0 Å². The molecule has 1 aromatic heterocycles. The lowest BCUT2D eigenvalue weighted by atomic mass is 9.93. The van der Waals surface area contributed by atoms with Gasteiger partial charge in [0.15, 0.2) is 0 Å². The quantitative estimate of drug-likeness (QED) is 0.616. The van der Waals surface area contributed by atoms with Crippen LogP contribution in [0.1, 0.15) is 46.5 Å². The van der Waals surface area contributed by atoms with Crippen molar-refractivity contribution in [2.24, 2.45) is 0 Å². The minimum atomic E-state index is -0.441. The van der Waals surface area contributed by atoms with Gasteiger partial charge in [-0.05, 0) is 54.7 Å². The molecule has 146 valence electrons. The maximum atomic E-state index is 12.7. The van der Waals surface area contributed by atoms with Crippen LogP contribution in [0, 0.1) is 20.8 Å². The van der Waals surface area contributed by atoms with Crippen LogP contribution in [0.15, 0.2) is 48.8 Å². The normalized spacial score (nSPS) is 11.9. The van der Waals surface area contributed by atoms with Crippen molar-refractivity contribution < 1.29 is 14.3 Å². The molecule has 2 aromatic carbocycles. The maximum Gasteiger partial charge on any atom is 0.419 e. The van der Waals surface area contributed by atoms with E-state index in [2.05, 4.69) is 37.9 Å². The molecule has 0 unspecified atom stereocenters. The average Bonchev–Trinajstić information content (AvgIpc) is 3.18. The van der Waals surface area contributed by atoms with Crippen molar-refractivity contribution >= 4 is 6.09 Å². The van der Waals surface area contributed by atoms with Crippen LogP contribution in [0.5, 0.6) is 5.75 Å². The molecule has 0 saturated carbocycles. The van der Waals surface area contributed by atoms with Crippen molar-refractivity contribution in [1.29, 1.82) is 0 Å². The molecule has 3 rings (SSSR count). The fourth-order valence-corrected chi connectivity index (χ4v) is 3.34. The number of ether oxygens (including phenoxy) is 2. The molecule has 5 heteroatoms. The van der Waals surface area contributed by atoms with Crippen molar-refractivity contribution in [3.05, 3.63) is 82.4 Å². The Balaban J connectivity index is 1.77. The zero-order chi connectivity index (χ0) is 20.3. The second-order valence-electron chi connectivity index (χ2n) is 7.02. The number of benzene rings is 2. The molecule has 0 amide bonds. The number of methoxy groups -OCH3 is 1. The van der Waals surface area contributed by atoms with E-state index in [0.717, 1.165) is 22.4 Å². The molecule has 0 N–H and O–H groups in total. The molecule has 0 fully saturated rings. The summed E-state index contributed by atoms with van der Waals surface area (Å²) >= 11 is 0. The van der Waals surface area contributed by atoms with E-state index in [-0.39, 0.29) is 12.5 Å². The summed E-state index contributed by atoms with van der Waals surface area (Å²) in [5.74, 6) is 1.42. The highest BCUT2D eigenvalue weighted by molar-refractivity contribution is 5.71. The lowest BCUT2D eigenvalue weighted by molar-refractivity contribution is 0.140. The summed E-state index contributed by atoms with van der Waals surface area (Å²) in [6, 6.07) is 12.0. The third kappa shape index (κ3) is 3.93. The topological polar surface area (TPSA) is 53.4 Å². The van der Waals surface area contributed by atoms with Crippen molar-refractivity contribution in [1.82, 2.24) is 9.55 Å². The molecular formula is C23H26N2O3. The zero-order valence-corrected chi connectivity index (χ0v) is 17.0. The van der Waals surface area contributed by atoms with Gasteiger partial charge in [0.05, 0.1) is 7.11 Å². The Labute approximate surface area is 165 Å². The van der Waals surface area contributed by atoms with Crippen molar-refractivity contribution in [3.8, 4) is 5.75 Å². The van der Waals surface area contributed by atoms with Gasteiger partial charge in [-0.2, -0.15) is 0 Å². The minimum Gasteiger partial charge on any atom is -0.496 e. The number of carbonyl (C=O) groups is 1. The van der Waals surface area contributed by atoms with Crippen LogP contribution >= 0.6 is 0 Å². The third-order valence-electron chi connectivity index (χ3n) is 5.20. The number of aromatic nitrogens is 2. The number of imidazole rings is 1. The number of rotatable bonds is 5. The first-order valence-electron chi connectivity index (χ1n) is 9.32. The van der Waals surface area contributed by atoms with Gasteiger partial charge in [-0.15, -0.1) is 0 Å². The van der Waals surface area contributed by atoms with E-state index in [0.29, 0.717) is 5.82 Å². The monoisotopic (exact) mass is 378 g/mol. The predicted octanol–water partition coefficient (Wildman–Crippen LogP) is 5.15. The number of hydrogen-bond acceptors (Lipinski definition) is 4. The van der Waals surface area contributed by atoms with Gasteiger partial charge in [0.1, 0.15) is 18.2 Å². The van der Waals surface area contributed by atoms with Crippen LogP contribution < -0.4 is 4.74 Å². The summed E-state index contributed by atoms with van der Waals surface area (Å²) in [7, 11) is 1.63. The Morgan fingerprint density at radius 1 is 1.14 bits per heavy atom. The van der Waals surface area contributed by atoms with E-state index in [4.69, 9.17) is 9.47 Å². The predicted molar refractivity (Wildman–Crippen MR) is 109 cm³/mol. The SMILES string of the molecule is COc1cc(COC(=O)n2ccnc2[C@@H](C)c2cccc(C)c2C)ccc1C. The third-order valence-corrected chi connectivity index (χ3v) is 5.20. The highest BCUT2D eigenvalue weighted by Gasteiger charge is 2.20. The Hall–Kier alpha value is -3.08. The molecule has 0 aliphatic carbocycles. The Bertz CT molecular complexity index is 991. The Morgan fingerprint density at radius 2 is 1.93 bits per heavy atom. The van der Waals surface area contributed by atoms with Gasteiger partial charge >= 0.3 is 6.09 Å². The second-order valence-corrected chi connectivity index (χ2v) is 7.02. The standard InChI is InChI=1S/C23H26N2O3/c1-15-7-6-8-20(17(15)3)18(4)22-24-11-12-25(22)23(26)28-14-19-10-9-16(2)21(13-19)27-5/h6-13,18H,14H2,1-5H3/t18-/m0/s1. The fraction of sp³-hybridized carbons (Fsp3) is 0.304. The number of hydrogen-bond donors (Lipinski definition) is 0. The summed E-state index contributed by atoms with van der Waals surface area (Å²) in [4.78, 5) is 17.1. The van der Waals surface area contributed by atoms with E-state index >= 15 is 0 Å².